The van der Waals surface area contributed by atoms with Gasteiger partial charge in [-0.3, -0.25) is 9.48 Å². The van der Waals surface area contributed by atoms with Gasteiger partial charge in [-0.2, -0.15) is 10.2 Å². The fourth-order valence-corrected chi connectivity index (χ4v) is 2.03. The van der Waals surface area contributed by atoms with Crippen LogP contribution in [0.5, 0.6) is 0 Å². The molecule has 18 heavy (non-hydrogen) atoms. The second-order valence-electron chi connectivity index (χ2n) is 4.15. The molecule has 0 aliphatic carbocycles. The van der Waals surface area contributed by atoms with Crippen LogP contribution in [0.2, 0.25) is 0 Å². The Balaban J connectivity index is 2.37. The number of nitrogens with zero attached hydrogens (tertiary/aromatic N) is 4. The highest BCUT2D eigenvalue weighted by atomic mass is 16.1. The van der Waals surface area contributed by atoms with Crippen LogP contribution in [0.3, 0.4) is 0 Å². The van der Waals surface area contributed by atoms with Gasteiger partial charge in [0.25, 0.3) is 5.56 Å². The smallest absolute Gasteiger partial charge is 0.251 e. The minimum atomic E-state index is -0.138. The van der Waals surface area contributed by atoms with Crippen LogP contribution in [0.4, 0.5) is 0 Å². The lowest BCUT2D eigenvalue weighted by Gasteiger charge is -2.04. The van der Waals surface area contributed by atoms with Gasteiger partial charge in [-0.1, -0.05) is 6.92 Å². The summed E-state index contributed by atoms with van der Waals surface area (Å²) in [5.74, 6) is 0. The fraction of sp³-hybridized carbons (Fsp3) is 0.250. The van der Waals surface area contributed by atoms with Gasteiger partial charge in [-0.25, -0.2) is 4.52 Å². The van der Waals surface area contributed by atoms with Crippen LogP contribution in [-0.4, -0.2) is 24.4 Å². The van der Waals surface area contributed by atoms with E-state index in [1.165, 1.54) is 6.07 Å². The molecule has 0 bridgehead atoms. The van der Waals surface area contributed by atoms with Crippen LogP contribution in [-0.2, 0) is 13.5 Å². The van der Waals surface area contributed by atoms with Crippen LogP contribution in [0, 0.1) is 0 Å². The van der Waals surface area contributed by atoms with Crippen molar-refractivity contribution in [2.24, 2.45) is 7.05 Å². The van der Waals surface area contributed by atoms with Gasteiger partial charge in [0, 0.05) is 25.4 Å². The molecule has 0 fully saturated rings. The highest BCUT2D eigenvalue weighted by molar-refractivity contribution is 5.58. The molecule has 3 aromatic rings. The third-order valence-corrected chi connectivity index (χ3v) is 2.95. The molecule has 0 atom stereocenters. The van der Waals surface area contributed by atoms with Crippen LogP contribution in [0.1, 0.15) is 12.6 Å². The highest BCUT2D eigenvalue weighted by Crippen LogP contribution is 2.17. The molecule has 6 nitrogen and oxygen atoms in total. The van der Waals surface area contributed by atoms with E-state index in [2.05, 4.69) is 15.2 Å². The summed E-state index contributed by atoms with van der Waals surface area (Å²) in [5, 5.41) is 8.59. The lowest BCUT2D eigenvalue weighted by Crippen LogP contribution is -2.10. The quantitative estimate of drug-likeness (QED) is 0.729. The summed E-state index contributed by atoms with van der Waals surface area (Å²) in [7, 11) is 1.84. The summed E-state index contributed by atoms with van der Waals surface area (Å²) in [6.45, 7) is 2.03. The molecular weight excluding hydrogens is 230 g/mol. The van der Waals surface area contributed by atoms with E-state index in [-0.39, 0.29) is 5.56 Å². The van der Waals surface area contributed by atoms with E-state index in [4.69, 9.17) is 0 Å². The monoisotopic (exact) mass is 243 g/mol. The lowest BCUT2D eigenvalue weighted by atomic mass is 10.3. The van der Waals surface area contributed by atoms with Gasteiger partial charge in [0.05, 0.1) is 17.1 Å². The van der Waals surface area contributed by atoms with Crippen molar-refractivity contribution < 1.29 is 0 Å². The maximum Gasteiger partial charge on any atom is 0.251 e. The van der Waals surface area contributed by atoms with Crippen molar-refractivity contribution in [3.05, 3.63) is 40.4 Å². The Labute approximate surface area is 103 Å². The van der Waals surface area contributed by atoms with Crippen molar-refractivity contribution in [2.45, 2.75) is 13.3 Å². The first-order chi connectivity index (χ1) is 8.69. The van der Waals surface area contributed by atoms with E-state index < -0.39 is 0 Å². The minimum absolute atomic E-state index is 0.138. The number of H-pyrrole nitrogens is 1. The van der Waals surface area contributed by atoms with E-state index in [9.17, 15) is 4.79 Å². The number of aromatic amines is 1. The summed E-state index contributed by atoms with van der Waals surface area (Å²) in [6, 6.07) is 5.29. The lowest BCUT2D eigenvalue weighted by molar-refractivity contribution is 0.765. The van der Waals surface area contributed by atoms with Gasteiger partial charge >= 0.3 is 0 Å². The molecule has 0 aromatic carbocycles. The van der Waals surface area contributed by atoms with Crippen molar-refractivity contribution in [3.63, 3.8) is 0 Å². The van der Waals surface area contributed by atoms with E-state index in [1.807, 2.05) is 26.1 Å². The van der Waals surface area contributed by atoms with Crippen molar-refractivity contribution in [1.29, 1.82) is 0 Å². The van der Waals surface area contributed by atoms with Crippen LogP contribution >= 0.6 is 0 Å². The molecular formula is C12H13N5O. The Morgan fingerprint density at radius 2 is 2.17 bits per heavy atom. The standard InChI is InChI=1S/C12H13N5O/c1-3-8-6-11-14-12(18)7-10(17(11)15-8)9-4-5-13-16(9)2/h4-7H,3H2,1-2H3,(H,14,18). The molecule has 0 aliphatic heterocycles. The van der Waals surface area contributed by atoms with Gasteiger partial charge in [0.2, 0.25) is 0 Å². The van der Waals surface area contributed by atoms with Crippen LogP contribution in [0.25, 0.3) is 17.0 Å². The van der Waals surface area contributed by atoms with E-state index in [1.54, 1.807) is 15.4 Å². The topological polar surface area (TPSA) is 68.0 Å². The summed E-state index contributed by atoms with van der Waals surface area (Å²) >= 11 is 0. The molecule has 0 unspecified atom stereocenters. The molecule has 0 saturated carbocycles. The first-order valence-electron chi connectivity index (χ1n) is 5.79. The summed E-state index contributed by atoms with van der Waals surface area (Å²) in [4.78, 5) is 14.5. The molecule has 6 heteroatoms. The number of nitrogens with one attached hydrogen (secondary N) is 1. The van der Waals surface area contributed by atoms with Gasteiger partial charge in [-0.15, -0.1) is 0 Å². The zero-order valence-corrected chi connectivity index (χ0v) is 10.2. The molecule has 0 radical (unpaired) electrons. The summed E-state index contributed by atoms with van der Waals surface area (Å²) < 4.78 is 3.47. The van der Waals surface area contributed by atoms with Crippen molar-refractivity contribution in [1.82, 2.24) is 24.4 Å². The highest BCUT2D eigenvalue weighted by Gasteiger charge is 2.11. The Kier molecular flexibility index (Phi) is 2.29. The number of hydrogen-bond acceptors (Lipinski definition) is 3. The van der Waals surface area contributed by atoms with Crippen molar-refractivity contribution in [2.75, 3.05) is 0 Å². The number of aromatic nitrogens is 5. The SMILES string of the molecule is CCc1cc2[nH]c(=O)cc(-c3ccnn3C)n2n1. The molecule has 0 spiro atoms. The van der Waals surface area contributed by atoms with Gasteiger partial charge in [0.15, 0.2) is 0 Å². The number of aryl methyl sites for hydroxylation is 2. The Morgan fingerprint density at radius 3 is 2.83 bits per heavy atom. The molecule has 0 saturated heterocycles. The average molecular weight is 243 g/mol. The normalized spacial score (nSPS) is 11.2. The van der Waals surface area contributed by atoms with Crippen LogP contribution < -0.4 is 5.56 Å². The first-order valence-corrected chi connectivity index (χ1v) is 5.79. The number of hydrogen-bond donors (Lipinski definition) is 1. The number of fused-ring (bicyclic) bond motifs is 1. The van der Waals surface area contributed by atoms with Gasteiger partial charge < -0.3 is 4.98 Å². The second-order valence-corrected chi connectivity index (χ2v) is 4.15. The maximum atomic E-state index is 11.7. The molecule has 0 amide bonds. The largest absolute Gasteiger partial charge is 0.307 e. The van der Waals surface area contributed by atoms with E-state index in [0.717, 1.165) is 23.5 Å². The molecule has 0 aliphatic rings. The van der Waals surface area contributed by atoms with Crippen molar-refractivity contribution in [3.8, 4) is 11.4 Å². The predicted molar refractivity (Wildman–Crippen MR) is 67.4 cm³/mol. The summed E-state index contributed by atoms with van der Waals surface area (Å²) in [5.41, 5.74) is 3.11. The van der Waals surface area contributed by atoms with E-state index in [0.29, 0.717) is 5.65 Å². The maximum absolute atomic E-state index is 11.7. The predicted octanol–water partition coefficient (Wildman–Crippen LogP) is 0.985. The Morgan fingerprint density at radius 1 is 1.33 bits per heavy atom. The van der Waals surface area contributed by atoms with Gasteiger partial charge in [-0.05, 0) is 12.5 Å². The third kappa shape index (κ3) is 1.54. The van der Waals surface area contributed by atoms with E-state index >= 15 is 0 Å². The van der Waals surface area contributed by atoms with Crippen molar-refractivity contribution >= 4 is 5.65 Å². The fourth-order valence-electron chi connectivity index (χ4n) is 2.03. The number of rotatable bonds is 2. The molecule has 92 valence electrons. The molecule has 3 rings (SSSR count). The second kappa shape index (κ2) is 3.83. The summed E-state index contributed by atoms with van der Waals surface area (Å²) in [6.07, 6.45) is 2.53. The molecule has 1 N–H and O–H groups in total. The van der Waals surface area contributed by atoms with Crippen LogP contribution in [0.15, 0.2) is 29.2 Å². The Hall–Kier alpha value is -2.37. The third-order valence-electron chi connectivity index (χ3n) is 2.95. The average Bonchev–Trinajstić information content (AvgIpc) is 2.93. The minimum Gasteiger partial charge on any atom is -0.307 e. The van der Waals surface area contributed by atoms with Gasteiger partial charge in [0.1, 0.15) is 5.65 Å². The zero-order chi connectivity index (χ0) is 12.7. The zero-order valence-electron chi connectivity index (χ0n) is 10.2. The molecule has 3 aromatic heterocycles. The first kappa shape index (κ1) is 10.8. The molecule has 3 heterocycles. The Bertz CT molecular complexity index is 764.